The molecule has 1 aliphatic heterocycles. The minimum Gasteiger partial charge on any atom is -0.494 e. The molecule has 0 unspecified atom stereocenters. The topological polar surface area (TPSA) is 63.7 Å². The van der Waals surface area contributed by atoms with Crippen molar-refractivity contribution in [2.24, 2.45) is 0 Å². The Morgan fingerprint density at radius 1 is 1.12 bits per heavy atom. The summed E-state index contributed by atoms with van der Waals surface area (Å²) in [7, 11) is 0. The second kappa shape index (κ2) is 11.1. The van der Waals surface area contributed by atoms with Crippen LogP contribution in [0.1, 0.15) is 30.3 Å². The average Bonchev–Trinajstić information content (AvgIpc) is 3.10. The molecule has 6 nitrogen and oxygen atoms in total. The van der Waals surface area contributed by atoms with Gasteiger partial charge in [-0.1, -0.05) is 24.3 Å². The zero-order chi connectivity index (χ0) is 22.2. The first-order chi connectivity index (χ1) is 15.7. The third-order valence-corrected chi connectivity index (χ3v) is 5.67. The minimum absolute atomic E-state index is 0.131. The van der Waals surface area contributed by atoms with Crippen LogP contribution in [0.2, 0.25) is 0 Å². The second-order valence-corrected chi connectivity index (χ2v) is 7.95. The maximum absolute atomic E-state index is 13.1. The van der Waals surface area contributed by atoms with Gasteiger partial charge in [0.1, 0.15) is 11.4 Å². The Kier molecular flexibility index (Phi) is 7.69. The lowest BCUT2D eigenvalue weighted by Crippen LogP contribution is -2.31. The molecule has 1 N–H and O–H groups in total. The van der Waals surface area contributed by atoms with E-state index in [0.29, 0.717) is 18.8 Å². The van der Waals surface area contributed by atoms with Gasteiger partial charge in [0.15, 0.2) is 0 Å². The summed E-state index contributed by atoms with van der Waals surface area (Å²) in [6.07, 6.45) is 1.98. The molecular weight excluding hydrogens is 402 g/mol. The van der Waals surface area contributed by atoms with Gasteiger partial charge in [0.25, 0.3) is 5.91 Å². The van der Waals surface area contributed by atoms with Crippen LogP contribution in [-0.4, -0.2) is 61.8 Å². The molecule has 1 aromatic heterocycles. The van der Waals surface area contributed by atoms with Crippen LogP contribution in [0.3, 0.4) is 0 Å². The van der Waals surface area contributed by atoms with Crippen molar-refractivity contribution in [3.8, 4) is 17.0 Å². The monoisotopic (exact) mass is 433 g/mol. The van der Waals surface area contributed by atoms with Crippen LogP contribution < -0.4 is 10.1 Å². The van der Waals surface area contributed by atoms with Crippen molar-refractivity contribution in [1.29, 1.82) is 0 Å². The van der Waals surface area contributed by atoms with Crippen molar-refractivity contribution in [2.75, 3.05) is 46.0 Å². The Morgan fingerprint density at radius 2 is 1.97 bits per heavy atom. The molecule has 0 saturated carbocycles. The third-order valence-electron chi connectivity index (χ3n) is 5.67. The van der Waals surface area contributed by atoms with Crippen LogP contribution in [0, 0.1) is 0 Å². The highest BCUT2D eigenvalue weighted by molar-refractivity contribution is 6.06. The summed E-state index contributed by atoms with van der Waals surface area (Å²) in [5, 5.41) is 4.94. The van der Waals surface area contributed by atoms with Gasteiger partial charge >= 0.3 is 0 Å². The molecule has 2 aromatic carbocycles. The number of aromatic nitrogens is 1. The molecule has 0 atom stereocenters. The molecule has 6 heteroatoms. The van der Waals surface area contributed by atoms with Gasteiger partial charge in [-0.25, -0.2) is 4.98 Å². The molecule has 3 aromatic rings. The molecule has 0 spiro atoms. The molecule has 1 amide bonds. The summed E-state index contributed by atoms with van der Waals surface area (Å²) in [5.41, 5.74) is 2.20. The number of nitrogens with zero attached hydrogens (tertiary/aromatic N) is 2. The summed E-state index contributed by atoms with van der Waals surface area (Å²) in [5.74, 6) is 0.694. The Balaban J connectivity index is 1.47. The Hall–Kier alpha value is -2.96. The van der Waals surface area contributed by atoms with Gasteiger partial charge in [0.2, 0.25) is 0 Å². The number of fused-ring (bicyclic) bond motifs is 1. The number of hydrogen-bond donors (Lipinski definition) is 1. The van der Waals surface area contributed by atoms with E-state index in [1.807, 2.05) is 61.5 Å². The van der Waals surface area contributed by atoms with Crippen LogP contribution in [0.5, 0.6) is 5.75 Å². The van der Waals surface area contributed by atoms with Crippen LogP contribution in [0.25, 0.3) is 22.0 Å². The molecule has 4 rings (SSSR count). The van der Waals surface area contributed by atoms with Gasteiger partial charge in [-0.3, -0.25) is 4.79 Å². The highest BCUT2D eigenvalue weighted by Gasteiger charge is 2.15. The normalized spacial score (nSPS) is 14.8. The number of rotatable bonds is 8. The second-order valence-electron chi connectivity index (χ2n) is 7.95. The zero-order valence-electron chi connectivity index (χ0n) is 18.7. The molecule has 0 bridgehead atoms. The summed E-state index contributed by atoms with van der Waals surface area (Å²) in [6.45, 7) is 7.84. The quantitative estimate of drug-likeness (QED) is 0.541. The standard InChI is InChI=1S/C26H31N3O3/c1-2-32-22-11-9-20(10-12-22)24-19-21-7-3-4-8-23(21)25(28-24)26(30)27-13-5-14-29-15-6-17-31-18-16-29/h3-4,7-12,19H,2,5-6,13-18H2,1H3,(H,27,30). The molecule has 168 valence electrons. The lowest BCUT2D eigenvalue weighted by molar-refractivity contribution is 0.0948. The summed E-state index contributed by atoms with van der Waals surface area (Å²) >= 11 is 0. The molecule has 1 fully saturated rings. The summed E-state index contributed by atoms with van der Waals surface area (Å²) in [4.78, 5) is 20.2. The van der Waals surface area contributed by atoms with E-state index in [2.05, 4.69) is 10.2 Å². The van der Waals surface area contributed by atoms with E-state index in [1.54, 1.807) is 0 Å². The van der Waals surface area contributed by atoms with Crippen LogP contribution in [0.4, 0.5) is 0 Å². The Labute approximate surface area is 189 Å². The van der Waals surface area contributed by atoms with Gasteiger partial charge in [0, 0.05) is 37.2 Å². The fraction of sp³-hybridized carbons (Fsp3) is 0.385. The molecule has 2 heterocycles. The van der Waals surface area contributed by atoms with Crippen molar-refractivity contribution in [3.05, 3.63) is 60.3 Å². The number of carbonyl (C=O) groups excluding carboxylic acids is 1. The van der Waals surface area contributed by atoms with Crippen LogP contribution in [-0.2, 0) is 4.74 Å². The maximum Gasteiger partial charge on any atom is 0.270 e. The number of nitrogens with one attached hydrogen (secondary N) is 1. The highest BCUT2D eigenvalue weighted by Crippen LogP contribution is 2.26. The van der Waals surface area contributed by atoms with Crippen LogP contribution in [0.15, 0.2) is 54.6 Å². The molecule has 1 saturated heterocycles. The summed E-state index contributed by atoms with van der Waals surface area (Å²) < 4.78 is 11.0. The van der Waals surface area contributed by atoms with E-state index in [4.69, 9.17) is 14.5 Å². The number of carbonyl (C=O) groups is 1. The van der Waals surface area contributed by atoms with E-state index in [0.717, 1.165) is 73.5 Å². The maximum atomic E-state index is 13.1. The fourth-order valence-electron chi connectivity index (χ4n) is 4.02. The van der Waals surface area contributed by atoms with E-state index in [-0.39, 0.29) is 5.91 Å². The van der Waals surface area contributed by atoms with Crippen molar-refractivity contribution in [2.45, 2.75) is 19.8 Å². The summed E-state index contributed by atoms with van der Waals surface area (Å²) in [6, 6.07) is 17.8. The van der Waals surface area contributed by atoms with E-state index >= 15 is 0 Å². The molecule has 1 aliphatic rings. The van der Waals surface area contributed by atoms with Gasteiger partial charge in [-0.15, -0.1) is 0 Å². The van der Waals surface area contributed by atoms with E-state index < -0.39 is 0 Å². The van der Waals surface area contributed by atoms with E-state index in [1.165, 1.54) is 0 Å². The fourth-order valence-corrected chi connectivity index (χ4v) is 4.02. The average molecular weight is 434 g/mol. The van der Waals surface area contributed by atoms with Crippen molar-refractivity contribution in [1.82, 2.24) is 15.2 Å². The van der Waals surface area contributed by atoms with Crippen molar-refractivity contribution < 1.29 is 14.3 Å². The third kappa shape index (κ3) is 5.64. The Morgan fingerprint density at radius 3 is 2.81 bits per heavy atom. The highest BCUT2D eigenvalue weighted by atomic mass is 16.5. The number of amides is 1. The van der Waals surface area contributed by atoms with Crippen molar-refractivity contribution in [3.63, 3.8) is 0 Å². The zero-order valence-corrected chi connectivity index (χ0v) is 18.7. The molecular formula is C26H31N3O3. The predicted octanol–water partition coefficient (Wildman–Crippen LogP) is 4.14. The minimum atomic E-state index is -0.131. The smallest absolute Gasteiger partial charge is 0.270 e. The number of hydrogen-bond acceptors (Lipinski definition) is 5. The van der Waals surface area contributed by atoms with Gasteiger partial charge in [-0.2, -0.15) is 0 Å². The van der Waals surface area contributed by atoms with Gasteiger partial charge in [0.05, 0.1) is 18.9 Å². The van der Waals surface area contributed by atoms with E-state index in [9.17, 15) is 4.79 Å². The largest absolute Gasteiger partial charge is 0.494 e. The van der Waals surface area contributed by atoms with Gasteiger partial charge < -0.3 is 19.7 Å². The number of pyridine rings is 1. The molecule has 0 aliphatic carbocycles. The first kappa shape index (κ1) is 22.2. The van der Waals surface area contributed by atoms with Crippen molar-refractivity contribution >= 4 is 16.7 Å². The molecule has 32 heavy (non-hydrogen) atoms. The number of ether oxygens (including phenoxy) is 2. The lowest BCUT2D eigenvalue weighted by atomic mass is 10.0. The Bertz CT molecular complexity index is 1030. The number of benzene rings is 2. The first-order valence-electron chi connectivity index (χ1n) is 11.5. The predicted molar refractivity (Wildman–Crippen MR) is 127 cm³/mol. The lowest BCUT2D eigenvalue weighted by Gasteiger charge is -2.18. The molecule has 0 radical (unpaired) electrons. The van der Waals surface area contributed by atoms with Crippen LogP contribution >= 0.6 is 0 Å². The SMILES string of the molecule is CCOc1ccc(-c2cc3ccccc3c(C(=O)NCCCN3CCCOCC3)n2)cc1. The van der Waals surface area contributed by atoms with Gasteiger partial charge in [-0.05, 0) is 62.0 Å². The first-order valence-corrected chi connectivity index (χ1v) is 11.5.